The fourth-order valence-electron chi connectivity index (χ4n) is 4.94. The van der Waals surface area contributed by atoms with Crippen molar-refractivity contribution in [3.05, 3.63) is 54.1 Å². The molecule has 1 heterocycles. The van der Waals surface area contributed by atoms with E-state index < -0.39 is 29.6 Å². The minimum atomic E-state index is -1.18. The third kappa shape index (κ3) is 6.97. The van der Waals surface area contributed by atoms with Crippen LogP contribution in [0.15, 0.2) is 48.5 Å². The highest BCUT2D eigenvalue weighted by atomic mass is 16.5. The van der Waals surface area contributed by atoms with Gasteiger partial charge in [-0.15, -0.1) is 0 Å². The Morgan fingerprint density at radius 1 is 1.10 bits per heavy atom. The molecule has 2 aliphatic rings. The molecule has 11 heteroatoms. The summed E-state index contributed by atoms with van der Waals surface area (Å²) in [7, 11) is 1.48. The summed E-state index contributed by atoms with van der Waals surface area (Å²) < 4.78 is 5.51. The van der Waals surface area contributed by atoms with E-state index in [1.54, 1.807) is 51.1 Å². The van der Waals surface area contributed by atoms with E-state index in [1.807, 2.05) is 18.2 Å². The molecule has 1 saturated carbocycles. The molecule has 2 aromatic carbocycles. The lowest BCUT2D eigenvalue weighted by atomic mass is 10.0. The summed E-state index contributed by atoms with van der Waals surface area (Å²) >= 11 is 0. The van der Waals surface area contributed by atoms with Crippen molar-refractivity contribution in [2.45, 2.75) is 70.6 Å². The highest BCUT2D eigenvalue weighted by molar-refractivity contribution is 6.09. The van der Waals surface area contributed by atoms with E-state index in [4.69, 9.17) is 4.74 Å². The summed E-state index contributed by atoms with van der Waals surface area (Å²) in [4.78, 5) is 55.7. The average Bonchev–Trinajstić information content (AvgIpc) is 3.74. The van der Waals surface area contributed by atoms with Gasteiger partial charge in [0.05, 0.1) is 12.8 Å². The van der Waals surface area contributed by atoms with Gasteiger partial charge in [0.25, 0.3) is 5.91 Å². The van der Waals surface area contributed by atoms with Gasteiger partial charge in [-0.3, -0.25) is 9.59 Å². The monoisotopic (exact) mass is 565 g/mol. The second-order valence-corrected chi connectivity index (χ2v) is 11.2. The lowest BCUT2D eigenvalue weighted by Crippen LogP contribution is -2.52. The first-order valence-electron chi connectivity index (χ1n) is 13.9. The zero-order valence-corrected chi connectivity index (χ0v) is 24.0. The van der Waals surface area contributed by atoms with E-state index in [0.717, 1.165) is 17.7 Å². The molecule has 1 aliphatic heterocycles. The summed E-state index contributed by atoms with van der Waals surface area (Å²) in [5, 5.41) is 17.6. The minimum absolute atomic E-state index is 0.0768. The van der Waals surface area contributed by atoms with Crippen LogP contribution >= 0.6 is 0 Å². The van der Waals surface area contributed by atoms with Crippen LogP contribution in [0.5, 0.6) is 5.75 Å². The number of nitrogens with one attached hydrogen (secondary N) is 3. The van der Waals surface area contributed by atoms with Crippen molar-refractivity contribution in [2.24, 2.45) is 5.92 Å². The average molecular weight is 566 g/mol. The van der Waals surface area contributed by atoms with Gasteiger partial charge in [0, 0.05) is 24.9 Å². The largest absolute Gasteiger partial charge is 0.495 e. The van der Waals surface area contributed by atoms with E-state index in [-0.39, 0.29) is 25.1 Å². The molecule has 1 unspecified atom stereocenters. The molecule has 220 valence electrons. The standard InChI is InChI=1S/C30H39N5O6/c1-19(14-15-36)31-26(37)24(16-20-10-11-20)35-27(38)30(2,3)34(29(35)40)18-21-12-13-23(25(17-21)41-4)33-28(39)32-22-8-6-5-7-9-22/h5-9,12-13,17,19-20,24,36H,10-11,14-16,18H2,1-4H3,(H,31,37)(H2,32,33,39)/t19?,24-/m0/s1. The van der Waals surface area contributed by atoms with Crippen molar-refractivity contribution in [1.82, 2.24) is 15.1 Å². The predicted molar refractivity (Wildman–Crippen MR) is 154 cm³/mol. The lowest BCUT2D eigenvalue weighted by Gasteiger charge is -2.28. The van der Waals surface area contributed by atoms with Gasteiger partial charge in [-0.1, -0.05) is 37.1 Å². The Kier molecular flexibility index (Phi) is 9.17. The number of aliphatic hydroxyl groups is 1. The van der Waals surface area contributed by atoms with Crippen LogP contribution in [0.4, 0.5) is 21.0 Å². The zero-order valence-electron chi connectivity index (χ0n) is 24.0. The Balaban J connectivity index is 1.51. The normalized spacial score (nSPS) is 17.7. The SMILES string of the molecule is COc1cc(CN2C(=O)N([C@@H](CC3CC3)C(=O)NC(C)CCO)C(=O)C2(C)C)ccc1NC(=O)Nc1ccccc1. The van der Waals surface area contributed by atoms with E-state index in [9.17, 15) is 24.3 Å². The second-order valence-electron chi connectivity index (χ2n) is 11.2. The van der Waals surface area contributed by atoms with Crippen molar-refractivity contribution in [3.8, 4) is 5.75 Å². The Bertz CT molecular complexity index is 1280. The number of aliphatic hydroxyl groups excluding tert-OH is 1. The number of imide groups is 1. The lowest BCUT2D eigenvalue weighted by molar-refractivity contribution is -0.139. The number of carbonyl (C=O) groups is 4. The van der Waals surface area contributed by atoms with Gasteiger partial charge in [0.15, 0.2) is 0 Å². The molecule has 6 amide bonds. The van der Waals surface area contributed by atoms with Crippen LogP contribution in [0.3, 0.4) is 0 Å². The smallest absolute Gasteiger partial charge is 0.328 e. The molecule has 2 atom stereocenters. The molecule has 4 N–H and O–H groups in total. The number of nitrogens with zero attached hydrogens (tertiary/aromatic N) is 2. The van der Waals surface area contributed by atoms with Gasteiger partial charge in [-0.05, 0) is 69.4 Å². The zero-order chi connectivity index (χ0) is 29.7. The maximum Gasteiger partial charge on any atom is 0.328 e. The number of carbonyl (C=O) groups excluding carboxylic acids is 4. The molecule has 4 rings (SSSR count). The van der Waals surface area contributed by atoms with Gasteiger partial charge >= 0.3 is 12.1 Å². The van der Waals surface area contributed by atoms with E-state index in [0.29, 0.717) is 41.4 Å². The molecule has 11 nitrogen and oxygen atoms in total. The maximum absolute atomic E-state index is 13.8. The first kappa shape index (κ1) is 29.9. The third-order valence-electron chi connectivity index (χ3n) is 7.56. The first-order chi connectivity index (χ1) is 19.5. The second kappa shape index (κ2) is 12.6. The number of urea groups is 2. The number of anilines is 2. The molecule has 1 aliphatic carbocycles. The molecule has 0 radical (unpaired) electrons. The fraction of sp³-hybridized carbons (Fsp3) is 0.467. The van der Waals surface area contributed by atoms with Crippen molar-refractivity contribution in [2.75, 3.05) is 24.4 Å². The molecular weight excluding hydrogens is 526 g/mol. The van der Waals surface area contributed by atoms with Crippen LogP contribution in [-0.4, -0.2) is 70.1 Å². The van der Waals surface area contributed by atoms with Crippen molar-refractivity contribution in [3.63, 3.8) is 0 Å². The molecule has 2 aromatic rings. The van der Waals surface area contributed by atoms with Crippen LogP contribution in [0.1, 0.15) is 52.0 Å². The Labute approximate surface area is 240 Å². The van der Waals surface area contributed by atoms with E-state index in [2.05, 4.69) is 16.0 Å². The summed E-state index contributed by atoms with van der Waals surface area (Å²) in [5.41, 5.74) is 0.579. The Morgan fingerprint density at radius 2 is 1.80 bits per heavy atom. The van der Waals surface area contributed by atoms with Gasteiger partial charge in [0.2, 0.25) is 5.91 Å². The highest BCUT2D eigenvalue weighted by Crippen LogP contribution is 2.38. The molecule has 1 saturated heterocycles. The minimum Gasteiger partial charge on any atom is -0.495 e. The topological polar surface area (TPSA) is 140 Å². The predicted octanol–water partition coefficient (Wildman–Crippen LogP) is 3.94. The molecule has 2 fully saturated rings. The molecule has 0 bridgehead atoms. The number of benzene rings is 2. The number of hydrogen-bond acceptors (Lipinski definition) is 6. The number of amides is 6. The quantitative estimate of drug-likeness (QED) is 0.288. The highest BCUT2D eigenvalue weighted by Gasteiger charge is 2.55. The van der Waals surface area contributed by atoms with Crippen LogP contribution in [0.25, 0.3) is 0 Å². The number of ether oxygens (including phenoxy) is 1. The summed E-state index contributed by atoms with van der Waals surface area (Å²) in [6.45, 7) is 5.15. The van der Waals surface area contributed by atoms with Crippen molar-refractivity contribution in [1.29, 1.82) is 0 Å². The number of rotatable bonds is 12. The summed E-state index contributed by atoms with van der Waals surface area (Å²) in [5.74, 6) is -0.133. The van der Waals surface area contributed by atoms with Crippen molar-refractivity contribution >= 4 is 35.3 Å². The Morgan fingerprint density at radius 3 is 2.44 bits per heavy atom. The number of methoxy groups -OCH3 is 1. The van der Waals surface area contributed by atoms with E-state index in [1.165, 1.54) is 12.0 Å². The van der Waals surface area contributed by atoms with Crippen LogP contribution < -0.4 is 20.7 Å². The van der Waals surface area contributed by atoms with Gasteiger partial charge in [-0.2, -0.15) is 0 Å². The van der Waals surface area contributed by atoms with Crippen molar-refractivity contribution < 1.29 is 29.0 Å². The van der Waals surface area contributed by atoms with Crippen LogP contribution in [-0.2, 0) is 16.1 Å². The number of hydrogen-bond donors (Lipinski definition) is 4. The van der Waals surface area contributed by atoms with Crippen LogP contribution in [0, 0.1) is 5.92 Å². The third-order valence-corrected chi connectivity index (χ3v) is 7.56. The maximum atomic E-state index is 13.8. The molecule has 41 heavy (non-hydrogen) atoms. The van der Waals surface area contributed by atoms with Crippen LogP contribution in [0.2, 0.25) is 0 Å². The first-order valence-corrected chi connectivity index (χ1v) is 13.9. The van der Waals surface area contributed by atoms with E-state index >= 15 is 0 Å². The van der Waals surface area contributed by atoms with Gasteiger partial charge in [0.1, 0.15) is 17.3 Å². The molecule has 0 spiro atoms. The summed E-state index contributed by atoms with van der Waals surface area (Å²) in [6, 6.07) is 12.0. The Hall–Kier alpha value is -4.12. The van der Waals surface area contributed by atoms with Gasteiger partial charge in [-0.25, -0.2) is 14.5 Å². The molecule has 0 aromatic heterocycles. The van der Waals surface area contributed by atoms with Gasteiger partial charge < -0.3 is 30.7 Å². The fourth-order valence-corrected chi connectivity index (χ4v) is 4.94. The summed E-state index contributed by atoms with van der Waals surface area (Å²) in [6.07, 6.45) is 2.71. The molecular formula is C30H39N5O6. The number of para-hydroxylation sites is 1.